The predicted octanol–water partition coefficient (Wildman–Crippen LogP) is 4.78. The van der Waals surface area contributed by atoms with E-state index in [1.807, 2.05) is 13.0 Å². The van der Waals surface area contributed by atoms with Crippen LogP contribution >= 0.6 is 23.2 Å². The third kappa shape index (κ3) is 4.08. The molecule has 1 amide bonds. The summed E-state index contributed by atoms with van der Waals surface area (Å²) < 4.78 is 6.95. The smallest absolute Gasteiger partial charge is 0.310 e. The Labute approximate surface area is 186 Å². The molecule has 8 heteroatoms. The fourth-order valence-corrected chi connectivity index (χ4v) is 4.36. The molecular weight excluding hydrogens is 425 g/mol. The number of amides is 1. The third-order valence-electron chi connectivity index (χ3n) is 5.80. The summed E-state index contributed by atoms with van der Waals surface area (Å²) in [5.41, 5.74) is 3.03. The van der Waals surface area contributed by atoms with E-state index in [-0.39, 0.29) is 17.8 Å². The summed E-state index contributed by atoms with van der Waals surface area (Å²) in [4.78, 5) is 27.5. The van der Waals surface area contributed by atoms with Gasteiger partial charge in [0.1, 0.15) is 0 Å². The minimum Gasteiger partial charge on any atom is -0.466 e. The van der Waals surface area contributed by atoms with Crippen molar-refractivity contribution in [1.82, 2.24) is 14.7 Å². The summed E-state index contributed by atoms with van der Waals surface area (Å²) in [5, 5.41) is 5.71. The van der Waals surface area contributed by atoms with Crippen LogP contribution in [0.1, 0.15) is 60.3 Å². The summed E-state index contributed by atoms with van der Waals surface area (Å²) in [6.07, 6.45) is 3.60. The van der Waals surface area contributed by atoms with Crippen LogP contribution in [0.3, 0.4) is 0 Å². The van der Waals surface area contributed by atoms with Gasteiger partial charge in [-0.15, -0.1) is 0 Å². The van der Waals surface area contributed by atoms with Gasteiger partial charge in [0.15, 0.2) is 0 Å². The fraction of sp³-hybridized carbons (Fsp3) is 0.500. The lowest BCUT2D eigenvalue weighted by Crippen LogP contribution is -2.43. The van der Waals surface area contributed by atoms with Gasteiger partial charge in [0.25, 0.3) is 5.91 Å². The van der Waals surface area contributed by atoms with Gasteiger partial charge in [-0.1, -0.05) is 23.2 Å². The molecule has 0 bridgehead atoms. The van der Waals surface area contributed by atoms with E-state index in [0.29, 0.717) is 41.2 Å². The molecule has 2 aromatic rings. The van der Waals surface area contributed by atoms with E-state index >= 15 is 0 Å². The van der Waals surface area contributed by atoms with Crippen LogP contribution in [0.5, 0.6) is 0 Å². The summed E-state index contributed by atoms with van der Waals surface area (Å²) in [7, 11) is 0. The Kier molecular flexibility index (Phi) is 6.07. The molecule has 1 aliphatic heterocycles. The number of rotatable bonds is 5. The maximum absolute atomic E-state index is 13.5. The van der Waals surface area contributed by atoms with Crippen LogP contribution in [0.2, 0.25) is 10.0 Å². The highest BCUT2D eigenvalue weighted by molar-refractivity contribution is 6.42. The molecule has 2 fully saturated rings. The van der Waals surface area contributed by atoms with E-state index in [4.69, 9.17) is 33.0 Å². The molecule has 1 aromatic heterocycles. The first kappa shape index (κ1) is 21.2. The Balaban J connectivity index is 1.66. The second-order valence-electron chi connectivity index (χ2n) is 7.97. The van der Waals surface area contributed by atoms with Crippen molar-refractivity contribution in [3.8, 4) is 5.69 Å². The first-order chi connectivity index (χ1) is 14.4. The van der Waals surface area contributed by atoms with Gasteiger partial charge in [-0.25, -0.2) is 4.68 Å². The summed E-state index contributed by atoms with van der Waals surface area (Å²) in [6, 6.07) is 5.33. The van der Waals surface area contributed by atoms with Crippen molar-refractivity contribution in [2.45, 2.75) is 45.4 Å². The highest BCUT2D eigenvalue weighted by Gasteiger charge is 2.37. The van der Waals surface area contributed by atoms with Crippen LogP contribution in [-0.4, -0.2) is 46.3 Å². The van der Waals surface area contributed by atoms with Crippen molar-refractivity contribution < 1.29 is 14.3 Å². The molecule has 4 rings (SSSR count). The largest absolute Gasteiger partial charge is 0.466 e. The van der Waals surface area contributed by atoms with E-state index in [9.17, 15) is 9.59 Å². The van der Waals surface area contributed by atoms with E-state index in [0.717, 1.165) is 42.8 Å². The topological polar surface area (TPSA) is 64.4 Å². The van der Waals surface area contributed by atoms with Crippen LogP contribution in [0.4, 0.5) is 0 Å². The number of hydrogen-bond donors (Lipinski definition) is 0. The molecule has 2 aliphatic rings. The van der Waals surface area contributed by atoms with E-state index in [1.54, 1.807) is 28.6 Å². The zero-order valence-electron chi connectivity index (χ0n) is 17.2. The second-order valence-corrected chi connectivity index (χ2v) is 8.79. The van der Waals surface area contributed by atoms with E-state index in [2.05, 4.69) is 0 Å². The van der Waals surface area contributed by atoms with Gasteiger partial charge in [0.2, 0.25) is 0 Å². The second kappa shape index (κ2) is 8.60. The van der Waals surface area contributed by atoms with Gasteiger partial charge < -0.3 is 9.64 Å². The molecule has 1 aliphatic carbocycles. The zero-order valence-corrected chi connectivity index (χ0v) is 18.7. The zero-order chi connectivity index (χ0) is 21.4. The first-order valence-corrected chi connectivity index (χ1v) is 11.2. The van der Waals surface area contributed by atoms with Gasteiger partial charge in [0, 0.05) is 19.0 Å². The molecule has 0 N–H and O–H groups in total. The summed E-state index contributed by atoms with van der Waals surface area (Å²) >= 11 is 12.3. The molecule has 1 saturated carbocycles. The highest BCUT2D eigenvalue weighted by atomic mass is 35.5. The number of carbonyl (C=O) groups excluding carboxylic acids is 2. The molecule has 0 spiro atoms. The maximum Gasteiger partial charge on any atom is 0.310 e. The molecule has 6 nitrogen and oxygen atoms in total. The summed E-state index contributed by atoms with van der Waals surface area (Å²) in [6.45, 7) is 5.08. The Hall–Kier alpha value is -2.05. The lowest BCUT2D eigenvalue weighted by molar-refractivity contribution is -0.149. The Morgan fingerprint density at radius 3 is 2.63 bits per heavy atom. The van der Waals surface area contributed by atoms with E-state index < -0.39 is 0 Å². The lowest BCUT2D eigenvalue weighted by Gasteiger charge is -2.31. The maximum atomic E-state index is 13.5. The van der Waals surface area contributed by atoms with Gasteiger partial charge in [0.05, 0.1) is 45.2 Å². The number of halogens is 2. The van der Waals surface area contributed by atoms with Crippen molar-refractivity contribution in [1.29, 1.82) is 0 Å². The van der Waals surface area contributed by atoms with Gasteiger partial charge in [-0.05, 0) is 57.7 Å². The van der Waals surface area contributed by atoms with Gasteiger partial charge in [-0.2, -0.15) is 5.10 Å². The average Bonchev–Trinajstić information content (AvgIpc) is 3.53. The Morgan fingerprint density at radius 1 is 1.20 bits per heavy atom. The highest BCUT2D eigenvalue weighted by Crippen LogP contribution is 2.42. The number of piperidine rings is 1. The molecular formula is C22H25Cl2N3O3. The first-order valence-electron chi connectivity index (χ1n) is 10.4. The molecule has 30 heavy (non-hydrogen) atoms. The number of aromatic nitrogens is 2. The molecule has 0 radical (unpaired) electrons. The molecule has 0 unspecified atom stereocenters. The lowest BCUT2D eigenvalue weighted by atomic mass is 9.97. The van der Waals surface area contributed by atoms with Crippen molar-refractivity contribution in [3.05, 3.63) is 45.2 Å². The number of nitrogens with zero attached hydrogens (tertiary/aromatic N) is 3. The molecule has 2 heterocycles. The van der Waals surface area contributed by atoms with Crippen molar-refractivity contribution >= 4 is 35.1 Å². The number of ether oxygens (including phenoxy) is 1. The monoisotopic (exact) mass is 449 g/mol. The average molecular weight is 450 g/mol. The summed E-state index contributed by atoms with van der Waals surface area (Å²) in [5.74, 6) is -0.245. The van der Waals surface area contributed by atoms with Crippen molar-refractivity contribution in [2.24, 2.45) is 5.92 Å². The predicted molar refractivity (Wildman–Crippen MR) is 116 cm³/mol. The van der Waals surface area contributed by atoms with Crippen LogP contribution < -0.4 is 0 Å². The number of esters is 1. The van der Waals surface area contributed by atoms with Crippen molar-refractivity contribution in [3.63, 3.8) is 0 Å². The van der Waals surface area contributed by atoms with E-state index in [1.165, 1.54) is 0 Å². The Morgan fingerprint density at radius 2 is 1.97 bits per heavy atom. The number of benzene rings is 1. The minimum atomic E-state index is -0.266. The molecule has 1 aromatic carbocycles. The van der Waals surface area contributed by atoms with Gasteiger partial charge >= 0.3 is 5.97 Å². The van der Waals surface area contributed by atoms with Crippen LogP contribution in [0.25, 0.3) is 5.69 Å². The van der Waals surface area contributed by atoms with Crippen LogP contribution in [0, 0.1) is 12.8 Å². The third-order valence-corrected chi connectivity index (χ3v) is 6.54. The number of hydrogen-bond acceptors (Lipinski definition) is 4. The van der Waals surface area contributed by atoms with Crippen LogP contribution in [0.15, 0.2) is 18.2 Å². The molecule has 1 atom stereocenters. The SMILES string of the molecule is CCOC(=O)[C@H]1CCCN(C(=O)c2c(C3CC3)nn(-c3ccc(Cl)c(Cl)c3)c2C)C1. The van der Waals surface area contributed by atoms with Gasteiger partial charge in [-0.3, -0.25) is 9.59 Å². The fourth-order valence-electron chi connectivity index (χ4n) is 4.07. The molecule has 1 saturated heterocycles. The Bertz CT molecular complexity index is 984. The number of likely N-dealkylation sites (tertiary alicyclic amines) is 1. The van der Waals surface area contributed by atoms with Crippen LogP contribution in [-0.2, 0) is 9.53 Å². The normalized spacial score (nSPS) is 19.1. The molecule has 160 valence electrons. The quantitative estimate of drug-likeness (QED) is 0.615. The number of carbonyl (C=O) groups is 2. The minimum absolute atomic E-state index is 0.0605. The standard InChI is InChI=1S/C22H25Cl2N3O3/c1-3-30-22(29)15-5-4-10-26(12-15)21(28)19-13(2)27(25-20(19)14-6-7-14)16-8-9-17(23)18(24)11-16/h8-9,11,14-15H,3-7,10,12H2,1-2H3/t15-/m0/s1. The van der Waals surface area contributed by atoms with Crippen molar-refractivity contribution in [2.75, 3.05) is 19.7 Å².